The Morgan fingerprint density at radius 3 is 2.47 bits per heavy atom. The molecule has 0 aliphatic rings. The molecule has 0 saturated carbocycles. The van der Waals surface area contributed by atoms with E-state index in [4.69, 9.17) is 9.72 Å². The Hall–Kier alpha value is -3.44. The lowest BCUT2D eigenvalue weighted by Gasteiger charge is -2.18. The summed E-state index contributed by atoms with van der Waals surface area (Å²) in [5.74, 6) is 0.354. The van der Waals surface area contributed by atoms with E-state index in [1.165, 1.54) is 27.0 Å². The van der Waals surface area contributed by atoms with Crippen molar-refractivity contribution in [3.63, 3.8) is 0 Å². The monoisotopic (exact) mass is 545 g/mol. The molecule has 1 amide bonds. The number of hydrogen-bond donors (Lipinski definition) is 0. The van der Waals surface area contributed by atoms with Crippen molar-refractivity contribution in [2.24, 2.45) is 0 Å². The van der Waals surface area contributed by atoms with Crippen LogP contribution < -0.4 is 4.74 Å². The fourth-order valence-corrected chi connectivity index (χ4v) is 5.07. The van der Waals surface area contributed by atoms with Gasteiger partial charge < -0.3 is 14.5 Å². The average Bonchev–Trinajstić information content (AvgIpc) is 3.48. The summed E-state index contributed by atoms with van der Waals surface area (Å²) in [5, 5.41) is 5.13. The standard InChI is InChI=1S/C27H30F3N5O2S/c1-16(2)24-22(17-8-7-9-19(14-17)37-6)31-26(38-24)35-21-11-10-18(27(28,29)30)15-20(21)23(32-35)25(36)34(5)13-12-33(3)4/h7-11,14-16H,12-13H2,1-6H3. The highest BCUT2D eigenvalue weighted by Crippen LogP contribution is 2.38. The van der Waals surface area contributed by atoms with E-state index in [1.54, 1.807) is 14.2 Å². The number of benzene rings is 2. The van der Waals surface area contributed by atoms with Gasteiger partial charge >= 0.3 is 6.18 Å². The van der Waals surface area contributed by atoms with E-state index in [2.05, 4.69) is 5.10 Å². The van der Waals surface area contributed by atoms with E-state index in [0.717, 1.165) is 28.3 Å². The number of carbonyl (C=O) groups is 1. The fourth-order valence-electron chi connectivity index (χ4n) is 4.01. The first-order chi connectivity index (χ1) is 17.9. The number of thiazole rings is 1. The topological polar surface area (TPSA) is 63.5 Å². The minimum absolute atomic E-state index is 0.0448. The fraction of sp³-hybridized carbons (Fsp3) is 0.370. The van der Waals surface area contributed by atoms with Gasteiger partial charge in [0.05, 0.1) is 23.9 Å². The van der Waals surface area contributed by atoms with Gasteiger partial charge in [0.25, 0.3) is 5.91 Å². The Bertz CT molecular complexity index is 1460. The largest absolute Gasteiger partial charge is 0.497 e. The van der Waals surface area contributed by atoms with Gasteiger partial charge in [0, 0.05) is 36.0 Å². The Kier molecular flexibility index (Phi) is 7.80. The molecule has 4 rings (SSSR count). The maximum Gasteiger partial charge on any atom is 0.416 e. The first-order valence-corrected chi connectivity index (χ1v) is 12.9. The highest BCUT2D eigenvalue weighted by Gasteiger charge is 2.32. The zero-order chi connectivity index (χ0) is 27.8. The number of likely N-dealkylation sites (N-methyl/N-ethyl adjacent to an activating group) is 2. The van der Waals surface area contributed by atoms with E-state index in [1.807, 2.05) is 57.1 Å². The molecule has 0 atom stereocenters. The second-order valence-electron chi connectivity index (χ2n) is 9.62. The third-order valence-electron chi connectivity index (χ3n) is 6.13. The molecule has 202 valence electrons. The van der Waals surface area contributed by atoms with Gasteiger partial charge in [0.2, 0.25) is 5.13 Å². The van der Waals surface area contributed by atoms with E-state index in [9.17, 15) is 18.0 Å². The Labute approximate surface area is 223 Å². The van der Waals surface area contributed by atoms with Crippen molar-refractivity contribution in [2.45, 2.75) is 25.9 Å². The number of aromatic nitrogens is 3. The van der Waals surface area contributed by atoms with Crippen LogP contribution in [0.5, 0.6) is 5.75 Å². The average molecular weight is 546 g/mol. The van der Waals surface area contributed by atoms with E-state index < -0.39 is 17.6 Å². The van der Waals surface area contributed by atoms with Gasteiger partial charge in [-0.1, -0.05) is 37.3 Å². The van der Waals surface area contributed by atoms with Crippen molar-refractivity contribution in [3.05, 3.63) is 58.6 Å². The van der Waals surface area contributed by atoms with Crippen molar-refractivity contribution in [1.82, 2.24) is 24.6 Å². The Morgan fingerprint density at radius 2 is 1.84 bits per heavy atom. The molecule has 7 nitrogen and oxygen atoms in total. The zero-order valence-corrected chi connectivity index (χ0v) is 22.9. The number of hydrogen-bond acceptors (Lipinski definition) is 6. The summed E-state index contributed by atoms with van der Waals surface area (Å²) in [6.45, 7) is 5.09. The summed E-state index contributed by atoms with van der Waals surface area (Å²) in [5.41, 5.74) is 1.09. The van der Waals surface area contributed by atoms with E-state index in [0.29, 0.717) is 29.5 Å². The molecule has 2 aromatic carbocycles. The van der Waals surface area contributed by atoms with Crippen LogP contribution in [0.15, 0.2) is 42.5 Å². The molecular weight excluding hydrogens is 515 g/mol. The van der Waals surface area contributed by atoms with Crippen LogP contribution in [0.4, 0.5) is 13.2 Å². The van der Waals surface area contributed by atoms with Crippen molar-refractivity contribution >= 4 is 28.1 Å². The molecule has 0 aliphatic carbocycles. The van der Waals surface area contributed by atoms with Crippen molar-refractivity contribution in [3.8, 4) is 22.1 Å². The molecule has 0 fully saturated rings. The summed E-state index contributed by atoms with van der Waals surface area (Å²) in [7, 11) is 6.97. The number of rotatable bonds is 8. The van der Waals surface area contributed by atoms with Gasteiger partial charge in [0.1, 0.15) is 5.75 Å². The first-order valence-electron chi connectivity index (χ1n) is 12.1. The van der Waals surface area contributed by atoms with Crippen LogP contribution in [0.2, 0.25) is 0 Å². The molecule has 0 radical (unpaired) electrons. The molecule has 0 saturated heterocycles. The molecule has 4 aromatic rings. The molecule has 0 aliphatic heterocycles. The van der Waals surface area contributed by atoms with Crippen molar-refractivity contribution < 1.29 is 22.7 Å². The van der Waals surface area contributed by atoms with Gasteiger partial charge in [-0.2, -0.15) is 18.3 Å². The molecule has 2 aromatic heterocycles. The summed E-state index contributed by atoms with van der Waals surface area (Å²) in [6.07, 6.45) is -4.56. The lowest BCUT2D eigenvalue weighted by Crippen LogP contribution is -2.33. The number of amides is 1. The predicted octanol–water partition coefficient (Wildman–Crippen LogP) is 5.93. The molecule has 0 N–H and O–H groups in total. The molecule has 0 unspecified atom stereocenters. The van der Waals surface area contributed by atoms with Crippen LogP contribution in [-0.2, 0) is 6.18 Å². The van der Waals surface area contributed by atoms with E-state index >= 15 is 0 Å². The van der Waals surface area contributed by atoms with Crippen LogP contribution in [0.25, 0.3) is 27.3 Å². The molecule has 0 spiro atoms. The lowest BCUT2D eigenvalue weighted by atomic mass is 10.1. The van der Waals surface area contributed by atoms with Crippen LogP contribution >= 0.6 is 11.3 Å². The first kappa shape index (κ1) is 27.6. The summed E-state index contributed by atoms with van der Waals surface area (Å²) in [4.78, 5) is 22.6. The number of carbonyl (C=O) groups excluding carboxylic acids is 1. The predicted molar refractivity (Wildman–Crippen MR) is 143 cm³/mol. The van der Waals surface area contributed by atoms with Gasteiger partial charge in [-0.3, -0.25) is 4.79 Å². The van der Waals surface area contributed by atoms with E-state index in [-0.39, 0.29) is 17.0 Å². The number of ether oxygens (including phenoxy) is 1. The van der Waals surface area contributed by atoms with Gasteiger partial charge in [-0.15, -0.1) is 0 Å². The van der Waals surface area contributed by atoms with Crippen LogP contribution in [0, 0.1) is 0 Å². The normalized spacial score (nSPS) is 12.1. The molecule has 11 heteroatoms. The van der Waals surface area contributed by atoms with Crippen LogP contribution in [0.1, 0.15) is 40.7 Å². The second-order valence-corrected chi connectivity index (χ2v) is 10.6. The minimum atomic E-state index is -4.56. The quantitative estimate of drug-likeness (QED) is 0.275. The number of nitrogens with zero attached hydrogens (tertiary/aromatic N) is 5. The maximum atomic E-state index is 13.6. The second kappa shape index (κ2) is 10.7. The SMILES string of the molecule is COc1cccc(-c2nc(-n3nc(C(=O)N(C)CCN(C)C)c4cc(C(F)(F)F)ccc43)sc2C(C)C)c1. The number of alkyl halides is 3. The summed E-state index contributed by atoms with van der Waals surface area (Å²) in [6, 6.07) is 10.9. The maximum absolute atomic E-state index is 13.6. The Balaban J connectivity index is 1.89. The zero-order valence-electron chi connectivity index (χ0n) is 22.1. The minimum Gasteiger partial charge on any atom is -0.497 e. The summed E-state index contributed by atoms with van der Waals surface area (Å²) >= 11 is 1.40. The van der Waals surface area contributed by atoms with Crippen molar-refractivity contribution in [1.29, 1.82) is 0 Å². The van der Waals surface area contributed by atoms with Gasteiger partial charge in [-0.25, -0.2) is 9.67 Å². The Morgan fingerprint density at radius 1 is 1.11 bits per heavy atom. The molecular formula is C27H30F3N5O2S. The summed E-state index contributed by atoms with van der Waals surface area (Å²) < 4.78 is 47.6. The molecule has 0 bridgehead atoms. The molecule has 2 heterocycles. The van der Waals surface area contributed by atoms with Gasteiger partial charge in [0.15, 0.2) is 5.69 Å². The lowest BCUT2D eigenvalue weighted by molar-refractivity contribution is -0.137. The number of halogens is 3. The number of fused-ring (bicyclic) bond motifs is 1. The third kappa shape index (κ3) is 5.53. The highest BCUT2D eigenvalue weighted by molar-refractivity contribution is 7.14. The number of methoxy groups -OCH3 is 1. The van der Waals surface area contributed by atoms with Gasteiger partial charge in [-0.05, 0) is 50.3 Å². The smallest absolute Gasteiger partial charge is 0.416 e. The highest BCUT2D eigenvalue weighted by atomic mass is 32.1. The molecule has 38 heavy (non-hydrogen) atoms. The van der Waals surface area contributed by atoms with Crippen LogP contribution in [0.3, 0.4) is 0 Å². The van der Waals surface area contributed by atoms with Crippen LogP contribution in [-0.4, -0.2) is 71.8 Å². The third-order valence-corrected chi connectivity index (χ3v) is 7.46. The van der Waals surface area contributed by atoms with Crippen molar-refractivity contribution in [2.75, 3.05) is 41.3 Å².